The summed E-state index contributed by atoms with van der Waals surface area (Å²) in [4.78, 5) is 23.5. The van der Waals surface area contributed by atoms with Crippen LogP contribution in [0.25, 0.3) is 0 Å². The Kier molecular flexibility index (Phi) is 5.38. The van der Waals surface area contributed by atoms with Crippen molar-refractivity contribution in [2.75, 3.05) is 36.0 Å². The van der Waals surface area contributed by atoms with Gasteiger partial charge in [0.25, 0.3) is 5.91 Å². The third kappa shape index (κ3) is 5.02. The second-order valence-corrected chi connectivity index (χ2v) is 9.13. The number of anilines is 1. The molecule has 1 saturated heterocycles. The van der Waals surface area contributed by atoms with Crippen molar-refractivity contribution in [3.63, 3.8) is 0 Å². The maximum atomic E-state index is 11.8. The number of hydrogen-bond acceptors (Lipinski definition) is 8. The Hall–Kier alpha value is -1.94. The van der Waals surface area contributed by atoms with Gasteiger partial charge in [0.05, 0.1) is 17.3 Å². The number of ether oxygens (including phenoxy) is 3. The summed E-state index contributed by atoms with van der Waals surface area (Å²) in [5.74, 6) is 0.411. The molecular formula is C15H17NO7S2. The van der Waals surface area contributed by atoms with Gasteiger partial charge in [-0.15, -0.1) is 11.8 Å². The second-order valence-electron chi connectivity index (χ2n) is 5.61. The van der Waals surface area contributed by atoms with E-state index in [9.17, 15) is 18.0 Å². The Morgan fingerprint density at radius 3 is 2.84 bits per heavy atom. The lowest BCUT2D eigenvalue weighted by Gasteiger charge is -2.09. The van der Waals surface area contributed by atoms with Crippen LogP contribution in [-0.2, 0) is 24.2 Å². The molecular weight excluding hydrogens is 370 g/mol. The van der Waals surface area contributed by atoms with Crippen LogP contribution < -0.4 is 14.8 Å². The molecule has 2 aliphatic heterocycles. The van der Waals surface area contributed by atoms with Gasteiger partial charge in [0.15, 0.2) is 27.9 Å². The van der Waals surface area contributed by atoms with Crippen LogP contribution in [0.3, 0.4) is 0 Å². The van der Waals surface area contributed by atoms with Crippen molar-refractivity contribution in [3.05, 3.63) is 18.2 Å². The van der Waals surface area contributed by atoms with Gasteiger partial charge in [-0.2, -0.15) is 0 Å². The molecule has 1 aromatic carbocycles. The average molecular weight is 387 g/mol. The first-order chi connectivity index (χ1) is 11.9. The van der Waals surface area contributed by atoms with E-state index in [0.29, 0.717) is 23.6 Å². The molecule has 136 valence electrons. The Bertz CT molecular complexity index is 778. The van der Waals surface area contributed by atoms with E-state index in [4.69, 9.17) is 14.2 Å². The topological polar surface area (TPSA) is 108 Å². The molecule has 0 saturated carbocycles. The highest BCUT2D eigenvalue weighted by Crippen LogP contribution is 2.34. The molecule has 0 radical (unpaired) electrons. The molecule has 0 spiro atoms. The van der Waals surface area contributed by atoms with Crippen molar-refractivity contribution in [1.82, 2.24) is 0 Å². The monoisotopic (exact) mass is 387 g/mol. The maximum absolute atomic E-state index is 11.8. The number of amides is 1. The number of rotatable bonds is 6. The molecule has 2 heterocycles. The van der Waals surface area contributed by atoms with Crippen LogP contribution in [0.15, 0.2) is 18.2 Å². The smallest absolute Gasteiger partial charge is 0.316 e. The van der Waals surface area contributed by atoms with E-state index in [-0.39, 0.29) is 29.3 Å². The highest BCUT2D eigenvalue weighted by Gasteiger charge is 2.28. The van der Waals surface area contributed by atoms with Crippen LogP contribution >= 0.6 is 11.8 Å². The molecule has 0 aliphatic carbocycles. The van der Waals surface area contributed by atoms with E-state index in [0.717, 1.165) is 0 Å². The minimum absolute atomic E-state index is 0.0253. The fourth-order valence-electron chi connectivity index (χ4n) is 2.44. The molecule has 1 N–H and O–H groups in total. The lowest BCUT2D eigenvalue weighted by atomic mass is 10.3. The van der Waals surface area contributed by atoms with Gasteiger partial charge in [-0.25, -0.2) is 8.42 Å². The summed E-state index contributed by atoms with van der Waals surface area (Å²) in [6.07, 6.45) is 0.547. The summed E-state index contributed by atoms with van der Waals surface area (Å²) in [7, 11) is -2.96. The van der Waals surface area contributed by atoms with E-state index in [2.05, 4.69) is 5.32 Å². The molecule has 1 amide bonds. The molecule has 10 heteroatoms. The van der Waals surface area contributed by atoms with Crippen molar-refractivity contribution >= 4 is 39.2 Å². The normalized spacial score (nSPS) is 20.2. The summed E-state index contributed by atoms with van der Waals surface area (Å²) in [6.45, 7) is -0.263. The number of benzene rings is 1. The average Bonchev–Trinajstić information content (AvgIpc) is 3.16. The van der Waals surface area contributed by atoms with Gasteiger partial charge in [0.2, 0.25) is 6.79 Å². The van der Waals surface area contributed by atoms with E-state index in [1.165, 1.54) is 11.8 Å². The van der Waals surface area contributed by atoms with Gasteiger partial charge in [-0.1, -0.05) is 0 Å². The van der Waals surface area contributed by atoms with Gasteiger partial charge in [0, 0.05) is 17.0 Å². The lowest BCUT2D eigenvalue weighted by Crippen LogP contribution is -2.22. The van der Waals surface area contributed by atoms with Crippen LogP contribution in [0.2, 0.25) is 0 Å². The molecule has 1 aromatic rings. The summed E-state index contributed by atoms with van der Waals surface area (Å²) in [5, 5.41) is 2.51. The van der Waals surface area contributed by atoms with Gasteiger partial charge in [-0.3, -0.25) is 9.59 Å². The largest absolute Gasteiger partial charge is 0.455 e. The van der Waals surface area contributed by atoms with Crippen molar-refractivity contribution in [1.29, 1.82) is 0 Å². The summed E-state index contributed by atoms with van der Waals surface area (Å²) < 4.78 is 38.0. The number of fused-ring (bicyclic) bond motifs is 1. The SMILES string of the molecule is O=C(COC(=O)CS[C@@H]1CCS(=O)(=O)C1)Nc1ccc2c(c1)OCO2. The Labute approximate surface area is 149 Å². The summed E-state index contributed by atoms with van der Waals surface area (Å²) in [5.41, 5.74) is 0.510. The zero-order valence-corrected chi connectivity index (χ0v) is 14.9. The van der Waals surface area contributed by atoms with Crippen molar-refractivity contribution < 1.29 is 32.2 Å². The summed E-state index contributed by atoms with van der Waals surface area (Å²) >= 11 is 1.25. The van der Waals surface area contributed by atoms with Crippen LogP contribution in [0.1, 0.15) is 6.42 Å². The number of thioether (sulfide) groups is 1. The van der Waals surface area contributed by atoms with Crippen molar-refractivity contribution in [2.45, 2.75) is 11.7 Å². The number of sulfone groups is 1. The predicted octanol–water partition coefficient (Wildman–Crippen LogP) is 0.817. The quantitative estimate of drug-likeness (QED) is 0.715. The molecule has 1 fully saturated rings. The number of nitrogens with one attached hydrogen (secondary N) is 1. The Morgan fingerprint density at radius 2 is 2.08 bits per heavy atom. The zero-order chi connectivity index (χ0) is 17.9. The number of hydrogen-bond donors (Lipinski definition) is 1. The zero-order valence-electron chi connectivity index (χ0n) is 13.2. The Balaban J connectivity index is 1.38. The number of carbonyl (C=O) groups is 2. The van der Waals surface area contributed by atoms with Crippen molar-refractivity contribution in [2.24, 2.45) is 0 Å². The molecule has 2 aliphatic rings. The number of carbonyl (C=O) groups excluding carboxylic acids is 2. The van der Waals surface area contributed by atoms with Crippen LogP contribution in [0.5, 0.6) is 11.5 Å². The number of esters is 1. The first-order valence-corrected chi connectivity index (χ1v) is 10.5. The van der Waals surface area contributed by atoms with E-state index < -0.39 is 28.3 Å². The molecule has 1 atom stereocenters. The van der Waals surface area contributed by atoms with E-state index >= 15 is 0 Å². The molecule has 8 nitrogen and oxygen atoms in total. The summed E-state index contributed by atoms with van der Waals surface area (Å²) in [6, 6.07) is 4.96. The molecule has 25 heavy (non-hydrogen) atoms. The van der Waals surface area contributed by atoms with Gasteiger partial charge < -0.3 is 19.5 Å². The molecule has 0 aromatic heterocycles. The standard InChI is InChI=1S/C15H17NO7S2/c17-14(16-10-1-2-12-13(5-10)23-9-22-12)6-21-15(18)7-24-11-3-4-25(19,20)8-11/h1-2,5,11H,3-4,6-9H2,(H,16,17)/t11-/m1/s1. The van der Waals surface area contributed by atoms with Crippen LogP contribution in [0, 0.1) is 0 Å². The van der Waals surface area contributed by atoms with Crippen molar-refractivity contribution in [3.8, 4) is 11.5 Å². The highest BCUT2D eigenvalue weighted by atomic mass is 32.2. The highest BCUT2D eigenvalue weighted by molar-refractivity contribution is 8.02. The third-order valence-electron chi connectivity index (χ3n) is 3.65. The first kappa shape index (κ1) is 17.9. The fraction of sp³-hybridized carbons (Fsp3) is 0.467. The molecule has 3 rings (SSSR count). The van der Waals surface area contributed by atoms with Crippen LogP contribution in [-0.4, -0.2) is 56.2 Å². The Morgan fingerprint density at radius 1 is 1.28 bits per heavy atom. The van der Waals surface area contributed by atoms with E-state index in [1.807, 2.05) is 0 Å². The van der Waals surface area contributed by atoms with Gasteiger partial charge in [-0.05, 0) is 18.6 Å². The predicted molar refractivity (Wildman–Crippen MR) is 91.7 cm³/mol. The molecule has 0 bridgehead atoms. The molecule has 0 unspecified atom stereocenters. The maximum Gasteiger partial charge on any atom is 0.316 e. The minimum atomic E-state index is -2.96. The third-order valence-corrected chi connectivity index (χ3v) is 6.90. The van der Waals surface area contributed by atoms with E-state index in [1.54, 1.807) is 18.2 Å². The lowest BCUT2D eigenvalue weighted by molar-refractivity contribution is -0.144. The minimum Gasteiger partial charge on any atom is -0.455 e. The first-order valence-electron chi connectivity index (χ1n) is 7.58. The van der Waals surface area contributed by atoms with Gasteiger partial charge in [0.1, 0.15) is 0 Å². The fourth-order valence-corrected chi connectivity index (χ4v) is 5.88. The second kappa shape index (κ2) is 7.52. The van der Waals surface area contributed by atoms with Gasteiger partial charge >= 0.3 is 5.97 Å². The van der Waals surface area contributed by atoms with Crippen LogP contribution in [0.4, 0.5) is 5.69 Å².